The number of para-hydroxylation sites is 1. The smallest absolute Gasteiger partial charge is 0.309 e. The first kappa shape index (κ1) is 18.2. The van der Waals surface area contributed by atoms with E-state index in [1.807, 2.05) is 24.3 Å². The SMILES string of the molecule is COc1ccccc1CCC(=O)N1CCC2(CC1)NC(=O)C[C@@H]2C(=O)O. The summed E-state index contributed by atoms with van der Waals surface area (Å²) in [7, 11) is 1.61. The molecule has 2 amide bonds. The number of carboxylic acid groups (broad SMARTS) is 1. The summed E-state index contributed by atoms with van der Waals surface area (Å²) in [4.78, 5) is 37.5. The van der Waals surface area contributed by atoms with Gasteiger partial charge >= 0.3 is 5.97 Å². The van der Waals surface area contributed by atoms with Crippen molar-refractivity contribution < 1.29 is 24.2 Å². The van der Waals surface area contributed by atoms with Gasteiger partial charge in [-0.1, -0.05) is 18.2 Å². The Labute approximate surface area is 152 Å². The van der Waals surface area contributed by atoms with Gasteiger partial charge in [0, 0.05) is 25.9 Å². The van der Waals surface area contributed by atoms with Crippen LogP contribution in [0.25, 0.3) is 0 Å². The molecule has 1 spiro atoms. The number of amides is 2. The number of methoxy groups -OCH3 is 1. The van der Waals surface area contributed by atoms with Crippen LogP contribution in [0.3, 0.4) is 0 Å². The summed E-state index contributed by atoms with van der Waals surface area (Å²) in [5.41, 5.74) is 0.286. The third kappa shape index (κ3) is 3.52. The number of carbonyl (C=O) groups is 3. The van der Waals surface area contributed by atoms with E-state index in [9.17, 15) is 19.5 Å². The Morgan fingerprint density at radius 3 is 2.65 bits per heavy atom. The van der Waals surface area contributed by atoms with E-state index in [2.05, 4.69) is 5.32 Å². The van der Waals surface area contributed by atoms with Crippen LogP contribution in [-0.4, -0.2) is 53.5 Å². The third-order valence-electron chi connectivity index (χ3n) is 5.55. The van der Waals surface area contributed by atoms with Crippen LogP contribution in [0.2, 0.25) is 0 Å². The lowest BCUT2D eigenvalue weighted by Crippen LogP contribution is -2.56. The number of rotatable bonds is 5. The second-order valence-electron chi connectivity index (χ2n) is 6.99. The summed E-state index contributed by atoms with van der Waals surface area (Å²) in [6, 6.07) is 7.63. The molecule has 0 bridgehead atoms. The molecule has 1 atom stereocenters. The first-order valence-electron chi connectivity index (χ1n) is 8.89. The minimum absolute atomic E-state index is 0.0249. The number of nitrogens with zero attached hydrogens (tertiary/aromatic N) is 1. The fourth-order valence-corrected chi connectivity index (χ4v) is 4.06. The van der Waals surface area contributed by atoms with Crippen molar-refractivity contribution in [3.63, 3.8) is 0 Å². The van der Waals surface area contributed by atoms with Crippen molar-refractivity contribution in [3.8, 4) is 5.75 Å². The number of ether oxygens (including phenoxy) is 1. The molecule has 3 rings (SSSR count). The van der Waals surface area contributed by atoms with Crippen LogP contribution in [0.4, 0.5) is 0 Å². The number of likely N-dealkylation sites (tertiary alicyclic amines) is 1. The van der Waals surface area contributed by atoms with Crippen molar-refractivity contribution in [2.24, 2.45) is 5.92 Å². The normalized spacial score (nSPS) is 21.5. The average Bonchev–Trinajstić information content (AvgIpc) is 2.96. The van der Waals surface area contributed by atoms with Gasteiger partial charge in [-0.2, -0.15) is 0 Å². The first-order chi connectivity index (χ1) is 12.4. The molecule has 2 heterocycles. The highest BCUT2D eigenvalue weighted by atomic mass is 16.5. The van der Waals surface area contributed by atoms with Gasteiger partial charge < -0.3 is 20.1 Å². The molecular formula is C19H24N2O5. The summed E-state index contributed by atoms with van der Waals surface area (Å²) in [6.45, 7) is 0.934. The van der Waals surface area contributed by atoms with Crippen LogP contribution in [-0.2, 0) is 20.8 Å². The van der Waals surface area contributed by atoms with E-state index in [-0.39, 0.29) is 18.2 Å². The van der Waals surface area contributed by atoms with E-state index >= 15 is 0 Å². The lowest BCUT2D eigenvalue weighted by atomic mass is 9.77. The van der Waals surface area contributed by atoms with Gasteiger partial charge in [0.25, 0.3) is 0 Å². The molecule has 1 aromatic carbocycles. The van der Waals surface area contributed by atoms with Gasteiger partial charge in [0.2, 0.25) is 11.8 Å². The number of hydrogen-bond acceptors (Lipinski definition) is 4. The second-order valence-corrected chi connectivity index (χ2v) is 6.99. The summed E-state index contributed by atoms with van der Waals surface area (Å²) < 4.78 is 5.31. The molecule has 26 heavy (non-hydrogen) atoms. The van der Waals surface area contributed by atoms with E-state index in [0.29, 0.717) is 38.8 Å². The molecule has 140 valence electrons. The largest absolute Gasteiger partial charge is 0.496 e. The van der Waals surface area contributed by atoms with Gasteiger partial charge in [-0.25, -0.2) is 0 Å². The zero-order valence-corrected chi connectivity index (χ0v) is 14.9. The van der Waals surface area contributed by atoms with Gasteiger partial charge in [-0.3, -0.25) is 14.4 Å². The Morgan fingerprint density at radius 1 is 1.31 bits per heavy atom. The zero-order valence-electron chi connectivity index (χ0n) is 14.9. The Hall–Kier alpha value is -2.57. The predicted molar refractivity (Wildman–Crippen MR) is 93.7 cm³/mol. The molecule has 2 saturated heterocycles. The van der Waals surface area contributed by atoms with Gasteiger partial charge in [0.15, 0.2) is 0 Å². The molecule has 0 aliphatic carbocycles. The van der Waals surface area contributed by atoms with Crippen LogP contribution in [0.15, 0.2) is 24.3 Å². The lowest BCUT2D eigenvalue weighted by molar-refractivity contribution is -0.145. The Kier molecular flexibility index (Phi) is 5.15. The van der Waals surface area contributed by atoms with Crippen molar-refractivity contribution in [2.75, 3.05) is 20.2 Å². The fourth-order valence-electron chi connectivity index (χ4n) is 4.06. The predicted octanol–water partition coefficient (Wildman–Crippen LogP) is 1.21. The third-order valence-corrected chi connectivity index (χ3v) is 5.55. The molecule has 2 N–H and O–H groups in total. The van der Waals surface area contributed by atoms with Gasteiger partial charge in [-0.15, -0.1) is 0 Å². The number of hydrogen-bond donors (Lipinski definition) is 2. The average molecular weight is 360 g/mol. The maximum atomic E-state index is 12.5. The molecule has 2 aliphatic rings. The number of carboxylic acids is 1. The number of nitrogens with one attached hydrogen (secondary N) is 1. The first-order valence-corrected chi connectivity index (χ1v) is 8.89. The molecule has 0 radical (unpaired) electrons. The lowest BCUT2D eigenvalue weighted by Gasteiger charge is -2.41. The van der Waals surface area contributed by atoms with E-state index in [4.69, 9.17) is 4.74 Å². The zero-order chi connectivity index (χ0) is 18.7. The van der Waals surface area contributed by atoms with Crippen LogP contribution in [0, 0.1) is 5.92 Å². The van der Waals surface area contributed by atoms with E-state index in [1.165, 1.54) is 0 Å². The van der Waals surface area contributed by atoms with Crippen molar-refractivity contribution in [2.45, 2.75) is 37.6 Å². The van der Waals surface area contributed by atoms with Crippen LogP contribution in [0.5, 0.6) is 5.75 Å². The Bertz CT molecular complexity index is 710. The topological polar surface area (TPSA) is 95.9 Å². The summed E-state index contributed by atoms with van der Waals surface area (Å²) >= 11 is 0. The maximum Gasteiger partial charge on any atom is 0.309 e. The molecular weight excluding hydrogens is 336 g/mol. The molecule has 0 aromatic heterocycles. The highest BCUT2D eigenvalue weighted by Gasteiger charge is 2.51. The second kappa shape index (κ2) is 7.35. The minimum Gasteiger partial charge on any atom is -0.496 e. The highest BCUT2D eigenvalue weighted by Crippen LogP contribution is 2.37. The van der Waals surface area contributed by atoms with Gasteiger partial charge in [0.05, 0.1) is 18.6 Å². The monoisotopic (exact) mass is 360 g/mol. The maximum absolute atomic E-state index is 12.5. The number of piperidine rings is 1. The molecule has 7 heteroatoms. The number of carbonyl (C=O) groups excluding carboxylic acids is 2. The quantitative estimate of drug-likeness (QED) is 0.823. The van der Waals surface area contributed by atoms with Gasteiger partial charge in [-0.05, 0) is 30.9 Å². The van der Waals surface area contributed by atoms with Crippen LogP contribution in [0.1, 0.15) is 31.2 Å². The van der Waals surface area contributed by atoms with Crippen molar-refractivity contribution in [3.05, 3.63) is 29.8 Å². The molecule has 1 aromatic rings. The summed E-state index contributed by atoms with van der Waals surface area (Å²) in [6.07, 6.45) is 1.96. The molecule has 0 saturated carbocycles. The Morgan fingerprint density at radius 2 is 2.00 bits per heavy atom. The van der Waals surface area contributed by atoms with Crippen LogP contribution >= 0.6 is 0 Å². The van der Waals surface area contributed by atoms with Gasteiger partial charge in [0.1, 0.15) is 5.75 Å². The van der Waals surface area contributed by atoms with E-state index < -0.39 is 17.4 Å². The van der Waals surface area contributed by atoms with Crippen molar-refractivity contribution >= 4 is 17.8 Å². The van der Waals surface area contributed by atoms with E-state index in [0.717, 1.165) is 11.3 Å². The van der Waals surface area contributed by atoms with Crippen molar-refractivity contribution in [1.29, 1.82) is 0 Å². The number of aryl methyl sites for hydroxylation is 1. The standard InChI is InChI=1S/C19H24N2O5/c1-26-15-5-3-2-4-13(15)6-7-17(23)21-10-8-19(9-11-21)14(18(24)25)12-16(22)20-19/h2-5,14H,6-12H2,1H3,(H,20,22)(H,24,25)/t14-/m1/s1. The fraction of sp³-hybridized carbons (Fsp3) is 0.526. The summed E-state index contributed by atoms with van der Waals surface area (Å²) in [5.74, 6) is -1.05. The summed E-state index contributed by atoms with van der Waals surface area (Å²) in [5, 5.41) is 12.3. The molecule has 2 aliphatic heterocycles. The number of aliphatic carboxylic acids is 1. The minimum atomic E-state index is -0.945. The number of benzene rings is 1. The molecule has 7 nitrogen and oxygen atoms in total. The molecule has 2 fully saturated rings. The van der Waals surface area contributed by atoms with E-state index in [1.54, 1.807) is 12.0 Å². The highest BCUT2D eigenvalue weighted by molar-refractivity contribution is 5.88. The molecule has 0 unspecified atom stereocenters. The Balaban J connectivity index is 1.57. The van der Waals surface area contributed by atoms with Crippen molar-refractivity contribution in [1.82, 2.24) is 10.2 Å². The van der Waals surface area contributed by atoms with Crippen LogP contribution < -0.4 is 10.1 Å².